The Bertz CT molecular complexity index is 427. The van der Waals surface area contributed by atoms with Crippen molar-refractivity contribution in [2.75, 3.05) is 18.8 Å². The number of anilines is 1. The molecule has 0 bridgehead atoms. The first-order valence-electron chi connectivity index (χ1n) is 7.11. The van der Waals surface area contributed by atoms with Crippen molar-refractivity contribution in [3.05, 3.63) is 23.9 Å². The van der Waals surface area contributed by atoms with Crippen molar-refractivity contribution in [2.24, 2.45) is 5.41 Å². The van der Waals surface area contributed by atoms with Crippen LogP contribution >= 0.6 is 0 Å². The zero-order valence-corrected chi connectivity index (χ0v) is 11.9. The molecule has 0 aliphatic carbocycles. The van der Waals surface area contributed by atoms with E-state index in [4.69, 9.17) is 5.73 Å². The second-order valence-electron chi connectivity index (χ2n) is 5.47. The van der Waals surface area contributed by atoms with Crippen LogP contribution in [0.4, 0.5) is 5.82 Å². The van der Waals surface area contributed by atoms with Crippen molar-refractivity contribution >= 4 is 11.7 Å². The van der Waals surface area contributed by atoms with Crippen LogP contribution in [-0.2, 0) is 0 Å². The first-order valence-corrected chi connectivity index (χ1v) is 7.11. The van der Waals surface area contributed by atoms with Gasteiger partial charge in [-0.2, -0.15) is 0 Å². The van der Waals surface area contributed by atoms with Gasteiger partial charge >= 0.3 is 0 Å². The highest BCUT2D eigenvalue weighted by Gasteiger charge is 2.33. The maximum Gasteiger partial charge on any atom is 0.255 e. The molecule has 1 aliphatic rings. The lowest BCUT2D eigenvalue weighted by atomic mass is 9.74. The van der Waals surface area contributed by atoms with Gasteiger partial charge in [0.05, 0.1) is 5.56 Å². The quantitative estimate of drug-likeness (QED) is 0.910. The molecule has 2 heterocycles. The fourth-order valence-corrected chi connectivity index (χ4v) is 2.86. The Labute approximate surface area is 115 Å². The molecule has 104 valence electrons. The second kappa shape index (κ2) is 5.59. The molecule has 4 nitrogen and oxygen atoms in total. The molecule has 0 saturated carbocycles. The third kappa shape index (κ3) is 2.88. The molecule has 1 amide bonds. The van der Waals surface area contributed by atoms with Gasteiger partial charge in [0.15, 0.2) is 0 Å². The molecule has 1 fully saturated rings. The van der Waals surface area contributed by atoms with Crippen LogP contribution in [0.5, 0.6) is 0 Å². The molecule has 19 heavy (non-hydrogen) atoms. The average molecular weight is 261 g/mol. The fourth-order valence-electron chi connectivity index (χ4n) is 2.86. The lowest BCUT2D eigenvalue weighted by molar-refractivity contribution is 0.0557. The Morgan fingerprint density at radius 3 is 2.42 bits per heavy atom. The number of nitrogen functional groups attached to an aromatic ring is 1. The van der Waals surface area contributed by atoms with Gasteiger partial charge in [-0.15, -0.1) is 0 Å². The molecule has 0 atom stereocenters. The van der Waals surface area contributed by atoms with Crippen LogP contribution in [-0.4, -0.2) is 28.9 Å². The van der Waals surface area contributed by atoms with Crippen molar-refractivity contribution in [3.8, 4) is 0 Å². The standard InChI is InChI=1S/C15H23N3O/c1-3-15(4-2)7-9-18(10-8-15)14(19)12-5-6-13(16)17-11-12/h5-6,11H,3-4,7-10H2,1-2H3,(H2,16,17). The number of rotatable bonds is 3. The van der Waals surface area contributed by atoms with E-state index in [2.05, 4.69) is 18.8 Å². The zero-order chi connectivity index (χ0) is 13.9. The maximum atomic E-state index is 12.3. The number of carbonyl (C=O) groups excluding carboxylic acids is 1. The van der Waals surface area contributed by atoms with Crippen LogP contribution in [0.3, 0.4) is 0 Å². The van der Waals surface area contributed by atoms with Gasteiger partial charge < -0.3 is 10.6 Å². The number of nitrogens with zero attached hydrogens (tertiary/aromatic N) is 2. The summed E-state index contributed by atoms with van der Waals surface area (Å²) in [6.45, 7) is 6.21. The topological polar surface area (TPSA) is 59.2 Å². The number of amides is 1. The van der Waals surface area contributed by atoms with E-state index in [1.165, 1.54) is 12.8 Å². The van der Waals surface area contributed by atoms with Crippen molar-refractivity contribution < 1.29 is 4.79 Å². The Balaban J connectivity index is 2.01. The number of carbonyl (C=O) groups is 1. The minimum atomic E-state index is 0.0771. The number of aromatic nitrogens is 1. The van der Waals surface area contributed by atoms with Gasteiger partial charge in [0.2, 0.25) is 0 Å². The summed E-state index contributed by atoms with van der Waals surface area (Å²) in [7, 11) is 0. The molecule has 0 unspecified atom stereocenters. The van der Waals surface area contributed by atoms with Gasteiger partial charge in [0.25, 0.3) is 5.91 Å². The minimum absolute atomic E-state index is 0.0771. The summed E-state index contributed by atoms with van der Waals surface area (Å²) in [5, 5.41) is 0. The third-order valence-electron chi connectivity index (χ3n) is 4.64. The van der Waals surface area contributed by atoms with E-state index >= 15 is 0 Å². The van der Waals surface area contributed by atoms with Gasteiger partial charge in [-0.3, -0.25) is 4.79 Å². The van der Waals surface area contributed by atoms with E-state index in [-0.39, 0.29) is 5.91 Å². The molecule has 4 heteroatoms. The summed E-state index contributed by atoms with van der Waals surface area (Å²) in [4.78, 5) is 18.3. The van der Waals surface area contributed by atoms with E-state index in [0.29, 0.717) is 16.8 Å². The van der Waals surface area contributed by atoms with Crippen molar-refractivity contribution in [1.29, 1.82) is 0 Å². The molecule has 1 aromatic heterocycles. The zero-order valence-electron chi connectivity index (χ0n) is 11.9. The number of hydrogen-bond acceptors (Lipinski definition) is 3. The summed E-state index contributed by atoms with van der Waals surface area (Å²) in [5.41, 5.74) is 6.62. The Kier molecular flexibility index (Phi) is 4.08. The van der Waals surface area contributed by atoms with Crippen molar-refractivity contribution in [1.82, 2.24) is 9.88 Å². The number of hydrogen-bond donors (Lipinski definition) is 1. The summed E-state index contributed by atoms with van der Waals surface area (Å²) >= 11 is 0. The van der Waals surface area contributed by atoms with Crippen LogP contribution in [0.25, 0.3) is 0 Å². The summed E-state index contributed by atoms with van der Waals surface area (Å²) in [5.74, 6) is 0.527. The normalized spacial score (nSPS) is 18.3. The van der Waals surface area contributed by atoms with Crippen molar-refractivity contribution in [3.63, 3.8) is 0 Å². The van der Waals surface area contributed by atoms with Crippen LogP contribution in [0, 0.1) is 5.41 Å². The molecule has 1 aromatic rings. The molecular weight excluding hydrogens is 238 g/mol. The maximum absolute atomic E-state index is 12.3. The van der Waals surface area contributed by atoms with Crippen LogP contribution in [0.1, 0.15) is 49.9 Å². The van der Waals surface area contributed by atoms with Crippen LogP contribution in [0.2, 0.25) is 0 Å². The molecule has 0 radical (unpaired) electrons. The summed E-state index contributed by atoms with van der Waals surface area (Å²) in [6.07, 6.45) is 6.19. The minimum Gasteiger partial charge on any atom is -0.384 e. The Morgan fingerprint density at radius 1 is 1.32 bits per heavy atom. The highest BCUT2D eigenvalue weighted by Crippen LogP contribution is 2.38. The van der Waals surface area contributed by atoms with E-state index in [1.807, 2.05) is 4.90 Å². The number of likely N-dealkylation sites (tertiary alicyclic amines) is 1. The molecule has 1 saturated heterocycles. The Hall–Kier alpha value is -1.58. The van der Waals surface area contributed by atoms with E-state index in [0.717, 1.165) is 25.9 Å². The number of pyridine rings is 1. The lowest BCUT2D eigenvalue weighted by Crippen LogP contribution is -2.42. The van der Waals surface area contributed by atoms with Crippen LogP contribution in [0.15, 0.2) is 18.3 Å². The van der Waals surface area contributed by atoms with Gasteiger partial charge in [-0.25, -0.2) is 4.98 Å². The molecule has 1 aliphatic heterocycles. The number of piperidine rings is 1. The van der Waals surface area contributed by atoms with Gasteiger partial charge in [-0.1, -0.05) is 26.7 Å². The smallest absolute Gasteiger partial charge is 0.255 e. The summed E-state index contributed by atoms with van der Waals surface area (Å²) < 4.78 is 0. The first-order chi connectivity index (χ1) is 9.10. The summed E-state index contributed by atoms with van der Waals surface area (Å²) in [6, 6.07) is 3.44. The predicted octanol–water partition coefficient (Wildman–Crippen LogP) is 2.71. The predicted molar refractivity (Wildman–Crippen MR) is 76.8 cm³/mol. The monoisotopic (exact) mass is 261 g/mol. The average Bonchev–Trinajstić information content (AvgIpc) is 2.47. The van der Waals surface area contributed by atoms with E-state index in [9.17, 15) is 4.79 Å². The first kappa shape index (κ1) is 13.8. The molecule has 2 N–H and O–H groups in total. The molecule has 0 aromatic carbocycles. The fraction of sp³-hybridized carbons (Fsp3) is 0.600. The SMILES string of the molecule is CCC1(CC)CCN(C(=O)c2ccc(N)nc2)CC1. The van der Waals surface area contributed by atoms with Gasteiger partial charge in [0.1, 0.15) is 5.82 Å². The van der Waals surface area contributed by atoms with E-state index < -0.39 is 0 Å². The van der Waals surface area contributed by atoms with E-state index in [1.54, 1.807) is 18.3 Å². The second-order valence-corrected chi connectivity index (χ2v) is 5.47. The largest absolute Gasteiger partial charge is 0.384 e. The molecule has 2 rings (SSSR count). The third-order valence-corrected chi connectivity index (χ3v) is 4.64. The van der Waals surface area contributed by atoms with Gasteiger partial charge in [-0.05, 0) is 30.4 Å². The molecule has 0 spiro atoms. The van der Waals surface area contributed by atoms with Crippen LogP contribution < -0.4 is 5.73 Å². The highest BCUT2D eigenvalue weighted by molar-refractivity contribution is 5.94. The number of nitrogens with two attached hydrogens (primary N) is 1. The van der Waals surface area contributed by atoms with Crippen molar-refractivity contribution in [2.45, 2.75) is 39.5 Å². The molecular formula is C15H23N3O. The lowest BCUT2D eigenvalue weighted by Gasteiger charge is -2.41. The Morgan fingerprint density at radius 2 is 1.95 bits per heavy atom. The van der Waals surface area contributed by atoms with Gasteiger partial charge in [0, 0.05) is 19.3 Å². The highest BCUT2D eigenvalue weighted by atomic mass is 16.2.